The van der Waals surface area contributed by atoms with Gasteiger partial charge in [0, 0.05) is 78.9 Å². The number of rotatable bonds is 6. The first-order valence-corrected chi connectivity index (χ1v) is 16.2. The van der Waals surface area contributed by atoms with Crippen molar-refractivity contribution in [2.75, 3.05) is 33.3 Å². The number of fused-ring (bicyclic) bond motifs is 2. The second-order valence-corrected chi connectivity index (χ2v) is 13.0. The highest BCUT2D eigenvalue weighted by Gasteiger charge is 2.34. The third-order valence-electron chi connectivity index (χ3n) is 9.63. The third kappa shape index (κ3) is 5.35. The van der Waals surface area contributed by atoms with E-state index >= 15 is 0 Å². The van der Waals surface area contributed by atoms with Crippen LogP contribution in [0, 0.1) is 0 Å². The number of thiazole rings is 1. The van der Waals surface area contributed by atoms with Crippen molar-refractivity contribution in [3.8, 4) is 5.75 Å². The summed E-state index contributed by atoms with van der Waals surface area (Å²) in [4.78, 5) is 51.1. The average molecular weight is 597 g/mol. The number of likely N-dealkylation sites (tertiary alicyclic amines) is 2. The molecule has 4 heterocycles. The van der Waals surface area contributed by atoms with Crippen LogP contribution in [0.5, 0.6) is 5.75 Å². The van der Waals surface area contributed by atoms with Crippen LogP contribution in [-0.4, -0.2) is 70.7 Å². The minimum Gasteiger partial charge on any atom is -0.497 e. The van der Waals surface area contributed by atoms with Gasteiger partial charge in [0.2, 0.25) is 5.91 Å². The van der Waals surface area contributed by atoms with Gasteiger partial charge in [-0.05, 0) is 67.0 Å². The van der Waals surface area contributed by atoms with E-state index in [1.165, 1.54) is 16.5 Å². The van der Waals surface area contributed by atoms with Crippen molar-refractivity contribution in [1.29, 1.82) is 0 Å². The number of piperidine rings is 2. The van der Waals surface area contributed by atoms with Gasteiger partial charge in [-0.25, -0.2) is 4.98 Å². The Morgan fingerprint density at radius 2 is 1.72 bits per heavy atom. The summed E-state index contributed by atoms with van der Waals surface area (Å²) in [6.07, 6.45) is 6.40. The maximum absolute atomic E-state index is 13.3. The molecule has 4 aromatic rings. The minimum atomic E-state index is -0.0946. The fraction of sp³-hybridized carbons (Fsp3) is 0.412. The zero-order valence-electron chi connectivity index (χ0n) is 24.4. The van der Waals surface area contributed by atoms with Crippen molar-refractivity contribution in [3.63, 3.8) is 0 Å². The Bertz CT molecular complexity index is 1680. The van der Waals surface area contributed by atoms with Crippen LogP contribution < -0.4 is 4.74 Å². The maximum Gasteiger partial charge on any atom is 0.273 e. The summed E-state index contributed by atoms with van der Waals surface area (Å²) in [6.45, 7) is 2.80. The fourth-order valence-electron chi connectivity index (χ4n) is 7.16. The number of aromatic nitrogens is 2. The molecule has 2 amide bonds. The van der Waals surface area contributed by atoms with Crippen LogP contribution in [0.3, 0.4) is 0 Å². The number of para-hydroxylation sites is 1. The monoisotopic (exact) mass is 596 g/mol. The highest BCUT2D eigenvalue weighted by atomic mass is 32.1. The van der Waals surface area contributed by atoms with Gasteiger partial charge in [0.15, 0.2) is 5.78 Å². The molecule has 0 radical (unpaired) electrons. The standard InChI is InChI=1S/C34H36N4O4S/c1-42-24-6-7-26-27(18-24)23(16-31(26)39)17-32(40)37-12-10-22(11-13-37)33-36-30(20-43-33)34(41)38-14-8-21(9-15-38)28-19-35-29-5-3-2-4-25(28)29/h2-7,18-23,35H,8-17H2,1H3. The maximum atomic E-state index is 13.3. The second kappa shape index (κ2) is 11.6. The van der Waals surface area contributed by atoms with Crippen molar-refractivity contribution in [2.45, 2.75) is 56.3 Å². The lowest BCUT2D eigenvalue weighted by Crippen LogP contribution is -2.38. The first kappa shape index (κ1) is 27.8. The summed E-state index contributed by atoms with van der Waals surface area (Å²) >= 11 is 1.56. The molecule has 0 saturated carbocycles. The van der Waals surface area contributed by atoms with Crippen molar-refractivity contribution in [1.82, 2.24) is 19.8 Å². The molecule has 222 valence electrons. The number of nitrogens with one attached hydrogen (secondary N) is 1. The van der Waals surface area contributed by atoms with E-state index in [1.807, 2.05) is 33.4 Å². The summed E-state index contributed by atoms with van der Waals surface area (Å²) in [5, 5.41) is 4.18. The number of carbonyl (C=O) groups excluding carboxylic acids is 3. The number of hydrogen-bond acceptors (Lipinski definition) is 6. The first-order chi connectivity index (χ1) is 21.0. The fourth-order valence-corrected chi connectivity index (χ4v) is 8.13. The summed E-state index contributed by atoms with van der Waals surface area (Å²) in [6, 6.07) is 13.9. The number of aromatic amines is 1. The molecule has 9 heteroatoms. The smallest absolute Gasteiger partial charge is 0.273 e. The molecule has 1 N–H and O–H groups in total. The molecule has 0 spiro atoms. The Balaban J connectivity index is 0.918. The van der Waals surface area contributed by atoms with Crippen molar-refractivity contribution in [3.05, 3.63) is 81.4 Å². The predicted octanol–water partition coefficient (Wildman–Crippen LogP) is 6.12. The number of amides is 2. The van der Waals surface area contributed by atoms with Gasteiger partial charge in [-0.1, -0.05) is 18.2 Å². The van der Waals surface area contributed by atoms with Gasteiger partial charge < -0.3 is 19.5 Å². The van der Waals surface area contributed by atoms with Gasteiger partial charge in [0.25, 0.3) is 5.91 Å². The molecule has 1 aliphatic carbocycles. The van der Waals surface area contributed by atoms with E-state index in [0.29, 0.717) is 48.9 Å². The van der Waals surface area contributed by atoms with Gasteiger partial charge in [-0.3, -0.25) is 14.4 Å². The Morgan fingerprint density at radius 3 is 2.51 bits per heavy atom. The van der Waals surface area contributed by atoms with E-state index < -0.39 is 0 Å². The van der Waals surface area contributed by atoms with Gasteiger partial charge >= 0.3 is 0 Å². The first-order valence-electron chi connectivity index (χ1n) is 15.3. The van der Waals surface area contributed by atoms with E-state index in [4.69, 9.17) is 9.72 Å². The van der Waals surface area contributed by atoms with Crippen LogP contribution >= 0.6 is 11.3 Å². The van der Waals surface area contributed by atoms with Crippen LogP contribution in [0.1, 0.15) is 93.3 Å². The SMILES string of the molecule is COc1ccc2c(c1)C(CC(=O)N1CCC(c3nc(C(=O)N4CCC(c5c[nH]c6ccccc56)CC4)cs3)CC1)CC2=O. The van der Waals surface area contributed by atoms with Crippen molar-refractivity contribution < 1.29 is 19.1 Å². The van der Waals surface area contributed by atoms with E-state index in [0.717, 1.165) is 49.3 Å². The largest absolute Gasteiger partial charge is 0.497 e. The number of carbonyl (C=O) groups is 3. The zero-order valence-corrected chi connectivity index (χ0v) is 25.2. The van der Waals surface area contributed by atoms with Crippen molar-refractivity contribution in [2.24, 2.45) is 0 Å². The summed E-state index contributed by atoms with van der Waals surface area (Å²) in [5.74, 6) is 1.54. The molecular formula is C34H36N4O4S. The van der Waals surface area contributed by atoms with E-state index in [9.17, 15) is 14.4 Å². The van der Waals surface area contributed by atoms with Gasteiger partial charge in [-0.15, -0.1) is 11.3 Å². The van der Waals surface area contributed by atoms with Crippen LogP contribution in [0.2, 0.25) is 0 Å². The molecule has 43 heavy (non-hydrogen) atoms. The van der Waals surface area contributed by atoms with Gasteiger partial charge in [-0.2, -0.15) is 0 Å². The van der Waals surface area contributed by atoms with Gasteiger partial charge in [0.1, 0.15) is 11.4 Å². The second-order valence-electron chi connectivity index (χ2n) is 12.1. The molecule has 1 atom stereocenters. The Morgan fingerprint density at radius 1 is 0.977 bits per heavy atom. The normalized spacial score (nSPS) is 19.7. The molecule has 0 bridgehead atoms. The number of ketones is 1. The third-order valence-corrected chi connectivity index (χ3v) is 10.6. The average Bonchev–Trinajstić information content (AvgIpc) is 3.79. The van der Waals surface area contributed by atoms with E-state index in [-0.39, 0.29) is 29.4 Å². The molecule has 2 aromatic heterocycles. The van der Waals surface area contributed by atoms with E-state index in [1.54, 1.807) is 24.5 Å². The number of Topliss-reactive ketones (excluding diaryl/α,β-unsaturated/α-hetero) is 1. The molecular weight excluding hydrogens is 560 g/mol. The summed E-state index contributed by atoms with van der Waals surface area (Å²) < 4.78 is 5.34. The minimum absolute atomic E-state index is 0.0236. The molecule has 3 aliphatic rings. The molecule has 2 fully saturated rings. The van der Waals surface area contributed by atoms with Crippen LogP contribution in [0.4, 0.5) is 0 Å². The Kier molecular flexibility index (Phi) is 7.51. The lowest BCUT2D eigenvalue weighted by atomic mass is 9.89. The zero-order chi connectivity index (χ0) is 29.5. The van der Waals surface area contributed by atoms with E-state index in [2.05, 4.69) is 29.4 Å². The van der Waals surface area contributed by atoms with Gasteiger partial charge in [0.05, 0.1) is 12.1 Å². The molecule has 2 aromatic carbocycles. The Labute approximate surface area is 255 Å². The molecule has 2 saturated heterocycles. The number of nitrogens with zero attached hydrogens (tertiary/aromatic N) is 3. The number of ether oxygens (including phenoxy) is 1. The van der Waals surface area contributed by atoms with Crippen LogP contribution in [0.25, 0.3) is 10.9 Å². The van der Waals surface area contributed by atoms with Crippen molar-refractivity contribution >= 4 is 39.8 Å². The summed E-state index contributed by atoms with van der Waals surface area (Å²) in [7, 11) is 1.61. The topological polar surface area (TPSA) is 95.6 Å². The predicted molar refractivity (Wildman–Crippen MR) is 166 cm³/mol. The Hall–Kier alpha value is -3.98. The molecule has 7 rings (SSSR count). The summed E-state index contributed by atoms with van der Waals surface area (Å²) in [5.41, 5.74) is 4.70. The van der Waals surface area contributed by atoms with Crippen LogP contribution in [-0.2, 0) is 4.79 Å². The number of H-pyrrole nitrogens is 1. The highest BCUT2D eigenvalue weighted by Crippen LogP contribution is 2.39. The molecule has 8 nitrogen and oxygen atoms in total. The molecule has 2 aliphatic heterocycles. The number of hydrogen-bond donors (Lipinski definition) is 1. The number of benzene rings is 2. The quantitative estimate of drug-likeness (QED) is 0.289. The van der Waals surface area contributed by atoms with Crippen LogP contribution in [0.15, 0.2) is 54.0 Å². The highest BCUT2D eigenvalue weighted by molar-refractivity contribution is 7.09. The number of methoxy groups -OCH3 is 1. The molecule has 1 unspecified atom stereocenters. The lowest BCUT2D eigenvalue weighted by molar-refractivity contribution is -0.132. The lowest BCUT2D eigenvalue weighted by Gasteiger charge is -2.32.